The summed E-state index contributed by atoms with van der Waals surface area (Å²) in [5.74, 6) is 0.961. The van der Waals surface area contributed by atoms with E-state index in [2.05, 4.69) is 114 Å². The van der Waals surface area contributed by atoms with Crippen LogP contribution in [0.4, 0.5) is 0 Å². The number of aliphatic hydroxyl groups is 1. The van der Waals surface area contributed by atoms with E-state index < -0.39 is 27.8 Å². The van der Waals surface area contributed by atoms with Crippen LogP contribution in [0.3, 0.4) is 0 Å². The lowest BCUT2D eigenvalue weighted by atomic mass is 9.49. The Morgan fingerprint density at radius 1 is 0.841 bits per heavy atom. The van der Waals surface area contributed by atoms with Crippen molar-refractivity contribution >= 4 is 16.6 Å². The van der Waals surface area contributed by atoms with Crippen LogP contribution in [0.5, 0.6) is 0 Å². The maximum atomic E-state index is 10.4. The van der Waals surface area contributed by atoms with Crippen molar-refractivity contribution in [1.82, 2.24) is 0 Å². The molecule has 4 rings (SSSR count). The van der Waals surface area contributed by atoms with Gasteiger partial charge in [0.15, 0.2) is 16.6 Å². The standard InChI is InChI=1S/C38H68O4Si2/c1-33(2,3)43(13,14)41-27-23-26-17-18-28-29-19-20-31(36(9,10)40-25-35(7,8)39)37(29,11)22-21-30(28)38(26,12)32(24-27)42-44(15,16)34(4,5)6/h17-18,20,27,29-30,32,39H,19,21-25H2,1-16H3/t27?,29-,30-,32?,37-,38-/m0/s1. The van der Waals surface area contributed by atoms with Crippen LogP contribution in [-0.2, 0) is 13.6 Å². The van der Waals surface area contributed by atoms with Gasteiger partial charge in [-0.25, -0.2) is 0 Å². The third kappa shape index (κ3) is 6.48. The maximum absolute atomic E-state index is 10.4. The van der Waals surface area contributed by atoms with E-state index in [-0.39, 0.29) is 33.1 Å². The zero-order valence-corrected chi connectivity index (χ0v) is 33.5. The minimum absolute atomic E-state index is 0.0239. The molecule has 0 spiro atoms. The van der Waals surface area contributed by atoms with Gasteiger partial charge in [0, 0.05) is 5.41 Å². The lowest BCUT2D eigenvalue weighted by molar-refractivity contribution is -0.0851. The lowest BCUT2D eigenvalue weighted by Gasteiger charge is -2.59. The minimum Gasteiger partial charge on any atom is -0.414 e. The van der Waals surface area contributed by atoms with Crippen LogP contribution in [0, 0.1) is 22.7 Å². The number of hydrogen-bond acceptors (Lipinski definition) is 4. The highest BCUT2D eigenvalue weighted by atomic mass is 28.4. The van der Waals surface area contributed by atoms with E-state index in [4.69, 9.17) is 13.6 Å². The molecule has 0 aromatic carbocycles. The van der Waals surface area contributed by atoms with Gasteiger partial charge >= 0.3 is 0 Å². The highest BCUT2D eigenvalue weighted by Crippen LogP contribution is 2.66. The molecule has 4 aliphatic carbocycles. The Labute approximate surface area is 273 Å². The lowest BCUT2D eigenvalue weighted by Crippen LogP contribution is -2.58. The first-order valence-corrected chi connectivity index (χ1v) is 23.3. The molecule has 1 N–H and O–H groups in total. The molecule has 0 aromatic rings. The van der Waals surface area contributed by atoms with E-state index in [9.17, 15) is 5.11 Å². The van der Waals surface area contributed by atoms with Gasteiger partial charge in [-0.3, -0.25) is 0 Å². The SMILES string of the molecule is CC(C)(O)COC(C)(C)C1=CC[C@H]2C3=CC=C4CC(O[Si](C)(C)C(C)(C)C)CC(O[Si](C)(C)C(C)(C)C)[C@]4(C)[C@H]3CC[C@]12C. The first-order valence-electron chi connectivity index (χ1n) is 17.5. The van der Waals surface area contributed by atoms with E-state index in [0.29, 0.717) is 18.4 Å². The van der Waals surface area contributed by atoms with E-state index in [0.717, 1.165) is 32.1 Å². The first kappa shape index (κ1) is 36.3. The topological polar surface area (TPSA) is 47.9 Å². The largest absolute Gasteiger partial charge is 0.414 e. The van der Waals surface area contributed by atoms with Gasteiger partial charge in [0.1, 0.15) is 0 Å². The third-order valence-electron chi connectivity index (χ3n) is 13.1. The fraction of sp³-hybridized carbons (Fsp3) is 0.842. The Balaban J connectivity index is 1.71. The van der Waals surface area contributed by atoms with Crippen molar-refractivity contribution in [1.29, 1.82) is 0 Å². The van der Waals surface area contributed by atoms with Crippen molar-refractivity contribution in [3.05, 3.63) is 34.9 Å². The molecule has 2 unspecified atom stereocenters. The summed E-state index contributed by atoms with van der Waals surface area (Å²) >= 11 is 0. The first-order chi connectivity index (χ1) is 19.7. The van der Waals surface area contributed by atoms with Crippen LogP contribution in [0.2, 0.25) is 36.3 Å². The summed E-state index contributed by atoms with van der Waals surface area (Å²) in [5, 5.41) is 10.7. The molecule has 4 aliphatic rings. The second-order valence-electron chi connectivity index (χ2n) is 19.5. The van der Waals surface area contributed by atoms with Gasteiger partial charge < -0.3 is 18.7 Å². The summed E-state index contributed by atoms with van der Waals surface area (Å²) in [5.41, 5.74) is 3.37. The number of allylic oxidation sites excluding steroid dienone is 4. The summed E-state index contributed by atoms with van der Waals surface area (Å²) in [6.45, 7) is 37.3. The maximum Gasteiger partial charge on any atom is 0.192 e. The number of rotatable bonds is 8. The molecule has 0 heterocycles. The summed E-state index contributed by atoms with van der Waals surface area (Å²) in [6.07, 6.45) is 13.2. The fourth-order valence-electron chi connectivity index (χ4n) is 8.35. The molecule has 2 saturated carbocycles. The van der Waals surface area contributed by atoms with Crippen LogP contribution >= 0.6 is 0 Å². The second kappa shape index (κ2) is 11.3. The number of ether oxygens (including phenoxy) is 1. The van der Waals surface area contributed by atoms with Crippen LogP contribution < -0.4 is 0 Å². The number of fused-ring (bicyclic) bond motifs is 5. The Hall–Kier alpha value is -0.506. The van der Waals surface area contributed by atoms with Gasteiger partial charge in [0.05, 0.1) is 30.0 Å². The second-order valence-corrected chi connectivity index (χ2v) is 29.0. The summed E-state index contributed by atoms with van der Waals surface area (Å²) < 4.78 is 21.1. The Bertz CT molecular complexity index is 1190. The van der Waals surface area contributed by atoms with Gasteiger partial charge in [-0.1, -0.05) is 84.8 Å². The summed E-state index contributed by atoms with van der Waals surface area (Å²) in [4.78, 5) is 0. The Morgan fingerprint density at radius 3 is 1.95 bits per heavy atom. The Kier molecular flexibility index (Phi) is 9.32. The average molecular weight is 645 g/mol. The molecule has 4 nitrogen and oxygen atoms in total. The minimum atomic E-state index is -2.04. The molecule has 0 aromatic heterocycles. The molecule has 2 fully saturated rings. The molecule has 6 atom stereocenters. The molecule has 0 radical (unpaired) electrons. The monoisotopic (exact) mass is 644 g/mol. The van der Waals surface area contributed by atoms with E-state index in [1.807, 2.05) is 13.8 Å². The Morgan fingerprint density at radius 2 is 1.41 bits per heavy atom. The van der Waals surface area contributed by atoms with Crippen molar-refractivity contribution in [3.63, 3.8) is 0 Å². The predicted molar refractivity (Wildman–Crippen MR) is 191 cm³/mol. The molecule has 44 heavy (non-hydrogen) atoms. The van der Waals surface area contributed by atoms with Crippen LogP contribution in [0.15, 0.2) is 34.9 Å². The average Bonchev–Trinajstić information content (AvgIpc) is 3.19. The molecule has 0 amide bonds. The van der Waals surface area contributed by atoms with Crippen molar-refractivity contribution < 1.29 is 18.7 Å². The highest BCUT2D eigenvalue weighted by molar-refractivity contribution is 6.74. The van der Waals surface area contributed by atoms with Gasteiger partial charge in [-0.15, -0.1) is 0 Å². The fourth-order valence-corrected chi connectivity index (χ4v) is 11.1. The molecule has 0 aliphatic heterocycles. The van der Waals surface area contributed by atoms with Gasteiger partial charge in [-0.05, 0) is 119 Å². The predicted octanol–water partition coefficient (Wildman–Crippen LogP) is 10.4. The van der Waals surface area contributed by atoms with Crippen LogP contribution in [-0.4, -0.2) is 51.8 Å². The van der Waals surface area contributed by atoms with Gasteiger partial charge in [0.25, 0.3) is 0 Å². The molecule has 0 saturated heterocycles. The van der Waals surface area contributed by atoms with E-state index >= 15 is 0 Å². The van der Waals surface area contributed by atoms with Crippen LogP contribution in [0.1, 0.15) is 115 Å². The molecular formula is C38H68O4Si2. The smallest absolute Gasteiger partial charge is 0.192 e. The number of hydrogen-bond donors (Lipinski definition) is 1. The quantitative estimate of drug-likeness (QED) is 0.211. The zero-order valence-electron chi connectivity index (χ0n) is 31.5. The molecular weight excluding hydrogens is 577 g/mol. The molecule has 0 bridgehead atoms. The van der Waals surface area contributed by atoms with Crippen molar-refractivity contribution in [3.8, 4) is 0 Å². The van der Waals surface area contributed by atoms with Gasteiger partial charge in [-0.2, -0.15) is 0 Å². The van der Waals surface area contributed by atoms with Gasteiger partial charge in [0.2, 0.25) is 0 Å². The van der Waals surface area contributed by atoms with E-state index in [1.165, 1.54) is 5.57 Å². The van der Waals surface area contributed by atoms with Crippen molar-refractivity contribution in [2.75, 3.05) is 6.61 Å². The van der Waals surface area contributed by atoms with Crippen molar-refractivity contribution in [2.24, 2.45) is 22.7 Å². The third-order valence-corrected chi connectivity index (χ3v) is 22.2. The summed E-state index contributed by atoms with van der Waals surface area (Å²) in [7, 11) is -3.96. The molecule has 252 valence electrons. The van der Waals surface area contributed by atoms with E-state index in [1.54, 1.807) is 11.1 Å². The summed E-state index contributed by atoms with van der Waals surface area (Å²) in [6, 6.07) is 0. The molecule has 6 heteroatoms. The van der Waals surface area contributed by atoms with Crippen molar-refractivity contribution in [2.45, 2.75) is 175 Å². The van der Waals surface area contributed by atoms with Crippen LogP contribution in [0.25, 0.3) is 0 Å². The zero-order chi connectivity index (χ0) is 33.5. The highest BCUT2D eigenvalue weighted by Gasteiger charge is 2.60. The normalized spacial score (nSPS) is 33.6.